The molecule has 3 N–H and O–H groups in total. The Labute approximate surface area is 120 Å². The summed E-state index contributed by atoms with van der Waals surface area (Å²) in [5.41, 5.74) is 0. The third-order valence-electron chi connectivity index (χ3n) is 2.91. The van der Waals surface area contributed by atoms with Crippen LogP contribution >= 0.6 is 0 Å². The van der Waals surface area contributed by atoms with E-state index in [1.165, 1.54) is 0 Å². The molecule has 1 aliphatic rings. The Bertz CT molecular complexity index is 327. The van der Waals surface area contributed by atoms with Crippen LogP contribution in [0.2, 0.25) is 0 Å². The van der Waals surface area contributed by atoms with Gasteiger partial charge in [0, 0.05) is 39.8 Å². The van der Waals surface area contributed by atoms with Gasteiger partial charge in [0.05, 0.1) is 19.8 Å². The molecule has 0 aliphatic carbocycles. The summed E-state index contributed by atoms with van der Waals surface area (Å²) in [6, 6.07) is 0. The van der Waals surface area contributed by atoms with E-state index in [9.17, 15) is 4.79 Å². The minimum atomic E-state index is -0.0824. The van der Waals surface area contributed by atoms with E-state index in [4.69, 9.17) is 4.74 Å². The second-order valence-corrected chi connectivity index (χ2v) is 4.40. The van der Waals surface area contributed by atoms with Gasteiger partial charge in [-0.2, -0.15) is 0 Å². The monoisotopic (exact) mass is 283 g/mol. The van der Waals surface area contributed by atoms with Gasteiger partial charge in [0.15, 0.2) is 5.96 Å². The molecule has 1 heterocycles. The fourth-order valence-electron chi connectivity index (χ4n) is 1.79. The molecule has 1 fully saturated rings. The maximum Gasteiger partial charge on any atom is 0.239 e. The van der Waals surface area contributed by atoms with Gasteiger partial charge in [-0.15, -0.1) is 6.58 Å². The molecule has 0 aromatic rings. The molecule has 1 aliphatic heterocycles. The van der Waals surface area contributed by atoms with Crippen LogP contribution in [0, 0.1) is 0 Å². The number of nitrogens with one attached hydrogen (secondary N) is 3. The van der Waals surface area contributed by atoms with E-state index in [2.05, 4.69) is 32.4 Å². The number of morpholine rings is 1. The van der Waals surface area contributed by atoms with Gasteiger partial charge in [-0.25, -0.2) is 0 Å². The molecular formula is C13H25N5O2. The average molecular weight is 283 g/mol. The summed E-state index contributed by atoms with van der Waals surface area (Å²) in [6.45, 7) is 9.49. The fourth-order valence-corrected chi connectivity index (χ4v) is 1.79. The SMILES string of the molecule is C=CCNC(=O)CNC(=NC)NCCN1CCOCC1. The molecule has 0 spiro atoms. The normalized spacial score (nSPS) is 16.6. The third kappa shape index (κ3) is 7.10. The lowest BCUT2D eigenvalue weighted by Gasteiger charge is -2.26. The molecule has 0 unspecified atom stereocenters. The van der Waals surface area contributed by atoms with Crippen molar-refractivity contribution in [2.75, 3.05) is 59.5 Å². The molecule has 1 saturated heterocycles. The molecule has 20 heavy (non-hydrogen) atoms. The number of amides is 1. The molecule has 0 atom stereocenters. The molecule has 0 bridgehead atoms. The topological polar surface area (TPSA) is 78.0 Å². The Morgan fingerprint density at radius 2 is 2.10 bits per heavy atom. The van der Waals surface area contributed by atoms with E-state index in [0.29, 0.717) is 12.5 Å². The van der Waals surface area contributed by atoms with Crippen molar-refractivity contribution in [2.45, 2.75) is 0 Å². The van der Waals surface area contributed by atoms with Crippen LogP contribution < -0.4 is 16.0 Å². The molecule has 114 valence electrons. The van der Waals surface area contributed by atoms with Gasteiger partial charge in [0.2, 0.25) is 5.91 Å². The number of nitrogens with zero attached hydrogens (tertiary/aromatic N) is 2. The van der Waals surface area contributed by atoms with Crippen LogP contribution in [0.15, 0.2) is 17.6 Å². The van der Waals surface area contributed by atoms with E-state index >= 15 is 0 Å². The predicted octanol–water partition coefficient (Wildman–Crippen LogP) is -1.21. The van der Waals surface area contributed by atoms with Gasteiger partial charge in [-0.05, 0) is 0 Å². The third-order valence-corrected chi connectivity index (χ3v) is 2.91. The van der Waals surface area contributed by atoms with Crippen molar-refractivity contribution in [1.82, 2.24) is 20.9 Å². The van der Waals surface area contributed by atoms with Gasteiger partial charge >= 0.3 is 0 Å². The first-order valence-corrected chi connectivity index (χ1v) is 6.88. The van der Waals surface area contributed by atoms with E-state index < -0.39 is 0 Å². The number of rotatable bonds is 7. The zero-order chi connectivity index (χ0) is 14.6. The Balaban J connectivity index is 2.12. The van der Waals surface area contributed by atoms with Crippen LogP contribution in [0.4, 0.5) is 0 Å². The molecule has 7 nitrogen and oxygen atoms in total. The number of hydrogen-bond donors (Lipinski definition) is 3. The molecule has 0 radical (unpaired) electrons. The smallest absolute Gasteiger partial charge is 0.239 e. The lowest BCUT2D eigenvalue weighted by Crippen LogP contribution is -2.46. The number of carbonyl (C=O) groups is 1. The molecule has 1 amide bonds. The van der Waals surface area contributed by atoms with Gasteiger partial charge in [-0.3, -0.25) is 14.7 Å². The van der Waals surface area contributed by atoms with E-state index in [-0.39, 0.29) is 12.5 Å². The zero-order valence-electron chi connectivity index (χ0n) is 12.2. The maximum atomic E-state index is 11.4. The van der Waals surface area contributed by atoms with Crippen molar-refractivity contribution in [2.24, 2.45) is 4.99 Å². The van der Waals surface area contributed by atoms with E-state index in [1.54, 1.807) is 13.1 Å². The second kappa shape index (κ2) is 10.2. The minimum absolute atomic E-state index is 0.0824. The average Bonchev–Trinajstić information content (AvgIpc) is 2.49. The summed E-state index contributed by atoms with van der Waals surface area (Å²) in [4.78, 5) is 17.8. The van der Waals surface area contributed by atoms with Crippen molar-refractivity contribution in [3.63, 3.8) is 0 Å². The quantitative estimate of drug-likeness (QED) is 0.310. The number of aliphatic imine (C=N–C) groups is 1. The molecule has 0 aromatic heterocycles. The number of carbonyl (C=O) groups excluding carboxylic acids is 1. The van der Waals surface area contributed by atoms with Crippen molar-refractivity contribution >= 4 is 11.9 Å². The molecule has 0 saturated carbocycles. The summed E-state index contributed by atoms with van der Waals surface area (Å²) < 4.78 is 5.30. The van der Waals surface area contributed by atoms with Crippen molar-refractivity contribution in [3.05, 3.63) is 12.7 Å². The molecular weight excluding hydrogens is 258 g/mol. The number of guanidine groups is 1. The molecule has 7 heteroatoms. The van der Waals surface area contributed by atoms with Crippen LogP contribution in [0.5, 0.6) is 0 Å². The largest absolute Gasteiger partial charge is 0.379 e. The molecule has 0 aromatic carbocycles. The van der Waals surface area contributed by atoms with Gasteiger partial charge < -0.3 is 20.7 Å². The summed E-state index contributed by atoms with van der Waals surface area (Å²) in [6.07, 6.45) is 1.65. The Morgan fingerprint density at radius 1 is 1.35 bits per heavy atom. The predicted molar refractivity (Wildman–Crippen MR) is 79.8 cm³/mol. The van der Waals surface area contributed by atoms with E-state index in [1.807, 2.05) is 0 Å². The summed E-state index contributed by atoms with van der Waals surface area (Å²) in [5, 5.41) is 8.84. The maximum absolute atomic E-state index is 11.4. The first-order chi connectivity index (χ1) is 9.76. The highest BCUT2D eigenvalue weighted by Gasteiger charge is 2.09. The fraction of sp³-hybridized carbons (Fsp3) is 0.692. The van der Waals surface area contributed by atoms with Crippen LogP contribution in [0.3, 0.4) is 0 Å². The second-order valence-electron chi connectivity index (χ2n) is 4.40. The lowest BCUT2D eigenvalue weighted by molar-refractivity contribution is -0.119. The number of ether oxygens (including phenoxy) is 1. The van der Waals surface area contributed by atoms with Crippen LogP contribution in [0.25, 0.3) is 0 Å². The van der Waals surface area contributed by atoms with Gasteiger partial charge in [-0.1, -0.05) is 6.08 Å². The van der Waals surface area contributed by atoms with E-state index in [0.717, 1.165) is 39.4 Å². The summed E-state index contributed by atoms with van der Waals surface area (Å²) >= 11 is 0. The highest BCUT2D eigenvalue weighted by molar-refractivity contribution is 5.86. The highest BCUT2D eigenvalue weighted by Crippen LogP contribution is 1.94. The highest BCUT2D eigenvalue weighted by atomic mass is 16.5. The standard InChI is InChI=1S/C13H25N5O2/c1-3-4-15-12(19)11-17-13(14-2)16-5-6-18-7-9-20-10-8-18/h3H,1,4-11H2,2H3,(H,15,19)(H2,14,16,17). The van der Waals surface area contributed by atoms with Crippen molar-refractivity contribution in [1.29, 1.82) is 0 Å². The molecule has 1 rings (SSSR count). The lowest BCUT2D eigenvalue weighted by atomic mass is 10.4. The summed E-state index contributed by atoms with van der Waals surface area (Å²) in [7, 11) is 1.69. The van der Waals surface area contributed by atoms with Crippen LogP contribution in [-0.4, -0.2) is 76.3 Å². The first-order valence-electron chi connectivity index (χ1n) is 6.88. The van der Waals surface area contributed by atoms with Crippen LogP contribution in [-0.2, 0) is 9.53 Å². The first kappa shape index (κ1) is 16.5. The zero-order valence-corrected chi connectivity index (χ0v) is 12.2. The Kier molecular flexibility index (Phi) is 8.41. The Morgan fingerprint density at radius 3 is 2.75 bits per heavy atom. The van der Waals surface area contributed by atoms with Crippen molar-refractivity contribution in [3.8, 4) is 0 Å². The summed E-state index contributed by atoms with van der Waals surface area (Å²) in [5.74, 6) is 0.549. The Hall–Kier alpha value is -1.60. The minimum Gasteiger partial charge on any atom is -0.379 e. The van der Waals surface area contributed by atoms with Crippen LogP contribution in [0.1, 0.15) is 0 Å². The number of hydrogen-bond acceptors (Lipinski definition) is 4. The van der Waals surface area contributed by atoms with Crippen molar-refractivity contribution < 1.29 is 9.53 Å². The van der Waals surface area contributed by atoms with Gasteiger partial charge in [0.1, 0.15) is 0 Å². The van der Waals surface area contributed by atoms with Gasteiger partial charge in [0.25, 0.3) is 0 Å².